The Morgan fingerprint density at radius 2 is 1.76 bits per heavy atom. The van der Waals surface area contributed by atoms with Crippen molar-refractivity contribution in [1.29, 1.82) is 0 Å². The zero-order chi connectivity index (χ0) is 13.0. The molecule has 2 rings (SSSR count). The molecular formula is C12H18N2O3. The second-order valence-corrected chi connectivity index (χ2v) is 5.95. The average molecular weight is 238 g/mol. The maximum atomic E-state index is 12.3. The second kappa shape index (κ2) is 3.31. The normalized spacial score (nSPS) is 24.9. The van der Waals surface area contributed by atoms with Gasteiger partial charge in [-0.1, -0.05) is 0 Å². The lowest BCUT2D eigenvalue weighted by Crippen LogP contribution is -2.67. The lowest BCUT2D eigenvalue weighted by Gasteiger charge is -2.43. The molecule has 1 saturated carbocycles. The number of carbonyl (C=O) groups is 3. The van der Waals surface area contributed by atoms with Gasteiger partial charge in [0.25, 0.3) is 0 Å². The van der Waals surface area contributed by atoms with Crippen LogP contribution in [0.2, 0.25) is 0 Å². The third-order valence-corrected chi connectivity index (χ3v) is 3.88. The summed E-state index contributed by atoms with van der Waals surface area (Å²) in [6.07, 6.45) is 2.05. The number of carbonyl (C=O) groups excluding carboxylic acids is 3. The highest BCUT2D eigenvalue weighted by Crippen LogP contribution is 2.44. The Bertz CT molecular complexity index is 408. The van der Waals surface area contributed by atoms with Crippen LogP contribution in [-0.4, -0.2) is 28.3 Å². The lowest BCUT2D eigenvalue weighted by atomic mass is 9.85. The zero-order valence-electron chi connectivity index (χ0n) is 10.7. The van der Waals surface area contributed by atoms with Gasteiger partial charge < -0.3 is 0 Å². The summed E-state index contributed by atoms with van der Waals surface area (Å²) in [4.78, 5) is 37.0. The molecule has 2 aliphatic rings. The molecule has 0 radical (unpaired) electrons. The van der Waals surface area contributed by atoms with Crippen molar-refractivity contribution in [2.45, 2.75) is 46.1 Å². The first-order chi connectivity index (χ1) is 7.69. The van der Waals surface area contributed by atoms with Gasteiger partial charge in [-0.2, -0.15) is 0 Å². The highest BCUT2D eigenvalue weighted by molar-refractivity contribution is 6.19. The molecule has 1 aliphatic carbocycles. The van der Waals surface area contributed by atoms with Crippen molar-refractivity contribution in [3.63, 3.8) is 0 Å². The van der Waals surface area contributed by atoms with Crippen molar-refractivity contribution in [2.75, 3.05) is 0 Å². The van der Waals surface area contributed by atoms with Gasteiger partial charge in [-0.05, 0) is 46.5 Å². The van der Waals surface area contributed by atoms with Gasteiger partial charge in [-0.3, -0.25) is 19.8 Å². The molecule has 1 heterocycles. The van der Waals surface area contributed by atoms with Crippen molar-refractivity contribution < 1.29 is 14.4 Å². The largest absolute Gasteiger partial charge is 0.331 e. The first kappa shape index (κ1) is 12.1. The third kappa shape index (κ3) is 1.64. The van der Waals surface area contributed by atoms with Crippen molar-refractivity contribution >= 4 is 17.8 Å². The van der Waals surface area contributed by atoms with Crippen LogP contribution in [0.5, 0.6) is 0 Å². The molecule has 0 bridgehead atoms. The molecule has 94 valence electrons. The molecule has 4 amide bonds. The SMILES string of the molecule is CC1(C)C(=O)NC(=O)N(C(C)(C)C2CC2)C1=O. The Kier molecular flexibility index (Phi) is 2.35. The number of rotatable bonds is 2. The Morgan fingerprint density at radius 1 is 1.24 bits per heavy atom. The molecular weight excluding hydrogens is 220 g/mol. The van der Waals surface area contributed by atoms with Gasteiger partial charge in [-0.15, -0.1) is 0 Å². The summed E-state index contributed by atoms with van der Waals surface area (Å²) < 4.78 is 0. The van der Waals surface area contributed by atoms with Crippen LogP contribution in [0.15, 0.2) is 0 Å². The van der Waals surface area contributed by atoms with Crippen LogP contribution in [0, 0.1) is 11.3 Å². The van der Waals surface area contributed by atoms with Gasteiger partial charge in [-0.25, -0.2) is 4.79 Å². The van der Waals surface area contributed by atoms with Gasteiger partial charge in [0.1, 0.15) is 5.41 Å². The van der Waals surface area contributed by atoms with Crippen LogP contribution < -0.4 is 5.32 Å². The van der Waals surface area contributed by atoms with Crippen LogP contribution in [0.3, 0.4) is 0 Å². The highest BCUT2D eigenvalue weighted by atomic mass is 16.2. The Labute approximate surface area is 101 Å². The monoisotopic (exact) mass is 238 g/mol. The number of hydrogen-bond acceptors (Lipinski definition) is 3. The number of nitrogens with one attached hydrogen (secondary N) is 1. The zero-order valence-corrected chi connectivity index (χ0v) is 10.7. The molecule has 2 fully saturated rings. The van der Waals surface area contributed by atoms with E-state index in [-0.39, 0.29) is 0 Å². The topological polar surface area (TPSA) is 66.5 Å². The van der Waals surface area contributed by atoms with Gasteiger partial charge in [0, 0.05) is 5.54 Å². The van der Waals surface area contributed by atoms with E-state index in [2.05, 4.69) is 5.32 Å². The standard InChI is InChI=1S/C12H18N2O3/c1-11(2)8(15)13-10(17)14(9(11)16)12(3,4)7-5-6-7/h7H,5-6H2,1-4H3,(H,13,15,17). The minimum atomic E-state index is -1.17. The van der Waals surface area contributed by atoms with Crippen molar-refractivity contribution in [2.24, 2.45) is 11.3 Å². The molecule has 0 aromatic heterocycles. The summed E-state index contributed by atoms with van der Waals surface area (Å²) in [6, 6.07) is -0.587. The van der Waals surface area contributed by atoms with Gasteiger partial charge in [0.15, 0.2) is 0 Å². The molecule has 1 saturated heterocycles. The highest BCUT2D eigenvalue weighted by Gasteiger charge is 2.55. The van der Waals surface area contributed by atoms with E-state index >= 15 is 0 Å². The average Bonchev–Trinajstić information content (AvgIpc) is 2.97. The molecule has 0 aromatic carbocycles. The van der Waals surface area contributed by atoms with Crippen LogP contribution in [-0.2, 0) is 9.59 Å². The van der Waals surface area contributed by atoms with E-state index in [0.717, 1.165) is 12.8 Å². The van der Waals surface area contributed by atoms with Crippen molar-refractivity contribution in [3.8, 4) is 0 Å². The quantitative estimate of drug-likeness (QED) is 0.737. The van der Waals surface area contributed by atoms with Crippen molar-refractivity contribution in [1.82, 2.24) is 10.2 Å². The third-order valence-electron chi connectivity index (χ3n) is 3.88. The van der Waals surface area contributed by atoms with Crippen molar-refractivity contribution in [3.05, 3.63) is 0 Å². The fourth-order valence-electron chi connectivity index (χ4n) is 2.27. The smallest absolute Gasteiger partial charge is 0.277 e. The Balaban J connectivity index is 2.36. The lowest BCUT2D eigenvalue weighted by molar-refractivity contribution is -0.153. The predicted molar refractivity (Wildman–Crippen MR) is 61.0 cm³/mol. The Morgan fingerprint density at radius 3 is 2.24 bits per heavy atom. The van der Waals surface area contributed by atoms with E-state index in [9.17, 15) is 14.4 Å². The van der Waals surface area contributed by atoms with E-state index in [1.54, 1.807) is 13.8 Å². The summed E-state index contributed by atoms with van der Waals surface area (Å²) in [5.74, 6) is -0.570. The van der Waals surface area contributed by atoms with E-state index in [1.165, 1.54) is 4.90 Å². The summed E-state index contributed by atoms with van der Waals surface area (Å²) in [6.45, 7) is 6.86. The van der Waals surface area contributed by atoms with Gasteiger partial charge in [0.05, 0.1) is 0 Å². The van der Waals surface area contributed by atoms with E-state index in [0.29, 0.717) is 5.92 Å². The number of nitrogens with zero attached hydrogens (tertiary/aromatic N) is 1. The molecule has 0 spiro atoms. The number of urea groups is 1. The molecule has 5 heteroatoms. The van der Waals surface area contributed by atoms with E-state index in [1.807, 2.05) is 13.8 Å². The minimum absolute atomic E-state index is 0.348. The molecule has 1 aliphatic heterocycles. The van der Waals surface area contributed by atoms with Crippen LogP contribution in [0.25, 0.3) is 0 Å². The first-order valence-corrected chi connectivity index (χ1v) is 5.89. The van der Waals surface area contributed by atoms with Gasteiger partial charge in [0.2, 0.25) is 11.8 Å². The summed E-state index contributed by atoms with van der Waals surface area (Å²) in [5.41, 5.74) is -1.68. The number of amides is 4. The molecule has 0 aromatic rings. The van der Waals surface area contributed by atoms with E-state index in [4.69, 9.17) is 0 Å². The maximum absolute atomic E-state index is 12.3. The van der Waals surface area contributed by atoms with Crippen LogP contribution in [0.1, 0.15) is 40.5 Å². The minimum Gasteiger partial charge on any atom is -0.277 e. The summed E-state index contributed by atoms with van der Waals surface area (Å²) >= 11 is 0. The van der Waals surface area contributed by atoms with E-state index < -0.39 is 28.8 Å². The van der Waals surface area contributed by atoms with Crippen LogP contribution in [0.4, 0.5) is 4.79 Å². The number of imide groups is 2. The van der Waals surface area contributed by atoms with Crippen LogP contribution >= 0.6 is 0 Å². The Hall–Kier alpha value is -1.39. The number of barbiturate groups is 1. The first-order valence-electron chi connectivity index (χ1n) is 5.89. The molecule has 5 nitrogen and oxygen atoms in total. The summed E-state index contributed by atoms with van der Waals surface area (Å²) in [7, 11) is 0. The summed E-state index contributed by atoms with van der Waals surface area (Å²) in [5, 5.41) is 2.27. The van der Waals surface area contributed by atoms with Gasteiger partial charge >= 0.3 is 6.03 Å². The maximum Gasteiger partial charge on any atom is 0.331 e. The fourth-order valence-corrected chi connectivity index (χ4v) is 2.27. The molecule has 17 heavy (non-hydrogen) atoms. The number of hydrogen-bond donors (Lipinski definition) is 1. The second-order valence-electron chi connectivity index (χ2n) is 5.95. The molecule has 1 N–H and O–H groups in total. The predicted octanol–water partition coefficient (Wildman–Crippen LogP) is 1.28. The molecule has 0 unspecified atom stereocenters. The molecule has 0 atom stereocenters. The fraction of sp³-hybridized carbons (Fsp3) is 0.750.